The lowest BCUT2D eigenvalue weighted by atomic mass is 9.95. The van der Waals surface area contributed by atoms with Crippen LogP contribution in [0.5, 0.6) is 0 Å². The molecular weight excluding hydrogens is 252 g/mol. The maximum atomic E-state index is 12.0. The van der Waals surface area contributed by atoms with Gasteiger partial charge in [0.25, 0.3) is 0 Å². The molecule has 4 nitrogen and oxygen atoms in total. The lowest BCUT2D eigenvalue weighted by molar-refractivity contribution is -0.126. The normalized spacial score (nSPS) is 26.9. The molecule has 2 fully saturated rings. The van der Waals surface area contributed by atoms with Crippen molar-refractivity contribution in [3.8, 4) is 0 Å². The molecule has 2 rings (SSSR count). The van der Waals surface area contributed by atoms with E-state index in [9.17, 15) is 4.79 Å². The molecule has 1 aliphatic carbocycles. The van der Waals surface area contributed by atoms with Crippen molar-refractivity contribution in [3.63, 3.8) is 0 Å². The first-order valence-electron chi connectivity index (χ1n) is 6.77. The van der Waals surface area contributed by atoms with Gasteiger partial charge in [-0.1, -0.05) is 0 Å². The minimum Gasteiger partial charge on any atom is -0.378 e. The molecule has 2 unspecified atom stereocenters. The van der Waals surface area contributed by atoms with E-state index in [0.717, 1.165) is 19.4 Å². The summed E-state index contributed by atoms with van der Waals surface area (Å²) in [6.07, 6.45) is 6.29. The van der Waals surface area contributed by atoms with Gasteiger partial charge in [0.1, 0.15) is 0 Å². The molecule has 0 bridgehead atoms. The first kappa shape index (κ1) is 15.7. The molecule has 1 saturated heterocycles. The molecule has 1 aliphatic heterocycles. The zero-order valence-electron chi connectivity index (χ0n) is 11.1. The molecular formula is C13H25ClN2O2. The maximum Gasteiger partial charge on any atom is 0.223 e. The van der Waals surface area contributed by atoms with Crippen LogP contribution >= 0.6 is 12.4 Å². The van der Waals surface area contributed by atoms with Crippen LogP contribution in [0.25, 0.3) is 0 Å². The van der Waals surface area contributed by atoms with Gasteiger partial charge in [-0.05, 0) is 44.9 Å². The number of amides is 1. The highest BCUT2D eigenvalue weighted by Gasteiger charge is 2.41. The lowest BCUT2D eigenvalue weighted by Gasteiger charge is -2.31. The van der Waals surface area contributed by atoms with E-state index in [1.807, 2.05) is 0 Å². The minimum absolute atomic E-state index is 0. The molecule has 1 saturated carbocycles. The van der Waals surface area contributed by atoms with Crippen LogP contribution in [0.3, 0.4) is 0 Å². The van der Waals surface area contributed by atoms with Crippen LogP contribution in [0.2, 0.25) is 0 Å². The van der Waals surface area contributed by atoms with Gasteiger partial charge in [0.05, 0.1) is 18.1 Å². The standard InChI is InChI=1S/C13H24N2O2.ClH/c1-13(9-14,10-5-6-10)15-12(16)8-11-4-2-3-7-17-11;/h10-11H,2-9,14H2,1H3,(H,15,16);1H. The third-order valence-corrected chi connectivity index (χ3v) is 4.01. The van der Waals surface area contributed by atoms with E-state index in [1.54, 1.807) is 0 Å². The molecule has 1 amide bonds. The van der Waals surface area contributed by atoms with Gasteiger partial charge in [-0.2, -0.15) is 0 Å². The van der Waals surface area contributed by atoms with Gasteiger partial charge in [0, 0.05) is 13.2 Å². The summed E-state index contributed by atoms with van der Waals surface area (Å²) in [5.74, 6) is 0.667. The first-order chi connectivity index (χ1) is 8.14. The number of halogens is 1. The van der Waals surface area contributed by atoms with Crippen molar-refractivity contribution < 1.29 is 9.53 Å². The maximum absolute atomic E-state index is 12.0. The zero-order valence-corrected chi connectivity index (χ0v) is 11.9. The molecule has 0 aromatic carbocycles. The fourth-order valence-electron chi connectivity index (χ4n) is 2.58. The number of hydrogen-bond acceptors (Lipinski definition) is 3. The fourth-order valence-corrected chi connectivity index (χ4v) is 2.58. The number of ether oxygens (including phenoxy) is 1. The van der Waals surface area contributed by atoms with Gasteiger partial charge >= 0.3 is 0 Å². The van der Waals surface area contributed by atoms with Crippen LogP contribution in [0.4, 0.5) is 0 Å². The van der Waals surface area contributed by atoms with E-state index in [1.165, 1.54) is 19.3 Å². The van der Waals surface area contributed by atoms with Crippen molar-refractivity contribution in [1.82, 2.24) is 5.32 Å². The summed E-state index contributed by atoms with van der Waals surface area (Å²) in [4.78, 5) is 12.0. The Kier molecular flexibility index (Phi) is 5.89. The molecule has 2 aliphatic rings. The summed E-state index contributed by atoms with van der Waals surface area (Å²) in [5, 5.41) is 3.11. The molecule has 106 valence electrons. The van der Waals surface area contributed by atoms with Crippen LogP contribution in [0.15, 0.2) is 0 Å². The highest BCUT2D eigenvalue weighted by molar-refractivity contribution is 5.85. The number of rotatable bonds is 5. The summed E-state index contributed by atoms with van der Waals surface area (Å²) in [6.45, 7) is 3.38. The first-order valence-corrected chi connectivity index (χ1v) is 6.77. The summed E-state index contributed by atoms with van der Waals surface area (Å²) < 4.78 is 5.58. The van der Waals surface area contributed by atoms with Gasteiger partial charge in [0.2, 0.25) is 5.91 Å². The summed E-state index contributed by atoms with van der Waals surface area (Å²) >= 11 is 0. The van der Waals surface area contributed by atoms with E-state index in [4.69, 9.17) is 10.5 Å². The fraction of sp³-hybridized carbons (Fsp3) is 0.923. The number of nitrogens with one attached hydrogen (secondary N) is 1. The predicted molar refractivity (Wildman–Crippen MR) is 73.8 cm³/mol. The second kappa shape index (κ2) is 6.73. The predicted octanol–water partition coefficient (Wildman–Crippen LogP) is 1.61. The number of carbonyl (C=O) groups excluding carboxylic acids is 1. The lowest BCUT2D eigenvalue weighted by Crippen LogP contribution is -2.53. The Morgan fingerprint density at radius 3 is 2.61 bits per heavy atom. The molecule has 0 radical (unpaired) electrons. The molecule has 2 atom stereocenters. The van der Waals surface area contributed by atoms with E-state index in [-0.39, 0.29) is 30.0 Å². The molecule has 0 aromatic rings. The van der Waals surface area contributed by atoms with E-state index in [2.05, 4.69) is 12.2 Å². The summed E-state index contributed by atoms with van der Waals surface area (Å²) in [6, 6.07) is 0. The van der Waals surface area contributed by atoms with Crippen molar-refractivity contribution in [3.05, 3.63) is 0 Å². The number of hydrogen-bond donors (Lipinski definition) is 2. The highest BCUT2D eigenvalue weighted by Crippen LogP contribution is 2.39. The van der Waals surface area contributed by atoms with Crippen LogP contribution in [0, 0.1) is 5.92 Å². The highest BCUT2D eigenvalue weighted by atomic mass is 35.5. The Balaban J connectivity index is 0.00000162. The molecule has 3 N–H and O–H groups in total. The Bertz CT molecular complexity index is 278. The second-order valence-electron chi connectivity index (χ2n) is 5.64. The molecule has 1 heterocycles. The quantitative estimate of drug-likeness (QED) is 0.802. The third kappa shape index (κ3) is 4.11. The Hall–Kier alpha value is -0.320. The summed E-state index contributed by atoms with van der Waals surface area (Å²) in [5.41, 5.74) is 5.58. The molecule has 0 aromatic heterocycles. The van der Waals surface area contributed by atoms with Crippen LogP contribution in [-0.2, 0) is 9.53 Å². The minimum atomic E-state index is -0.203. The van der Waals surface area contributed by atoms with Crippen molar-refractivity contribution in [2.24, 2.45) is 11.7 Å². The van der Waals surface area contributed by atoms with Crippen molar-refractivity contribution in [2.45, 2.75) is 57.1 Å². The Morgan fingerprint density at radius 2 is 2.11 bits per heavy atom. The smallest absolute Gasteiger partial charge is 0.223 e. The molecule has 5 heteroatoms. The third-order valence-electron chi connectivity index (χ3n) is 4.01. The Morgan fingerprint density at radius 1 is 1.39 bits per heavy atom. The SMILES string of the molecule is CC(CN)(NC(=O)CC1CCCCO1)C1CC1.Cl. The number of nitrogens with two attached hydrogens (primary N) is 1. The second-order valence-corrected chi connectivity index (χ2v) is 5.64. The average molecular weight is 277 g/mol. The zero-order chi connectivity index (χ0) is 12.3. The van der Waals surface area contributed by atoms with Crippen LogP contribution in [-0.4, -0.2) is 30.7 Å². The van der Waals surface area contributed by atoms with Crippen LogP contribution in [0.1, 0.15) is 45.4 Å². The van der Waals surface area contributed by atoms with Gasteiger partial charge in [0.15, 0.2) is 0 Å². The molecule has 0 spiro atoms. The van der Waals surface area contributed by atoms with E-state index in [0.29, 0.717) is 18.9 Å². The van der Waals surface area contributed by atoms with Crippen molar-refractivity contribution in [2.75, 3.05) is 13.2 Å². The van der Waals surface area contributed by atoms with Crippen molar-refractivity contribution in [1.29, 1.82) is 0 Å². The molecule has 18 heavy (non-hydrogen) atoms. The van der Waals surface area contributed by atoms with Crippen LogP contribution < -0.4 is 11.1 Å². The van der Waals surface area contributed by atoms with Gasteiger partial charge in [-0.25, -0.2) is 0 Å². The summed E-state index contributed by atoms with van der Waals surface area (Å²) in [7, 11) is 0. The van der Waals surface area contributed by atoms with E-state index >= 15 is 0 Å². The van der Waals surface area contributed by atoms with Gasteiger partial charge in [-0.3, -0.25) is 4.79 Å². The monoisotopic (exact) mass is 276 g/mol. The van der Waals surface area contributed by atoms with E-state index < -0.39 is 0 Å². The van der Waals surface area contributed by atoms with Crippen molar-refractivity contribution >= 4 is 18.3 Å². The number of carbonyl (C=O) groups is 1. The largest absolute Gasteiger partial charge is 0.378 e. The Labute approximate surface area is 115 Å². The van der Waals surface area contributed by atoms with Gasteiger partial charge in [-0.15, -0.1) is 12.4 Å². The average Bonchev–Trinajstić information content (AvgIpc) is 3.14. The van der Waals surface area contributed by atoms with Gasteiger partial charge < -0.3 is 15.8 Å². The topological polar surface area (TPSA) is 64.3 Å².